The maximum Gasteiger partial charge on any atom is 0.149 e. The maximum atomic E-state index is 6.92. The summed E-state index contributed by atoms with van der Waals surface area (Å²) in [4.78, 5) is 0. The van der Waals surface area contributed by atoms with Gasteiger partial charge in [-0.3, -0.25) is 0 Å². The third-order valence-corrected chi connectivity index (χ3v) is 12.3. The summed E-state index contributed by atoms with van der Waals surface area (Å²) in [5.74, 6) is 0. The molecule has 308 valence electrons. The number of hydrogen-bond acceptors (Lipinski definition) is 3. The van der Waals surface area contributed by atoms with Gasteiger partial charge in [0.15, 0.2) is 0 Å². The lowest BCUT2D eigenvalue weighted by molar-refractivity contribution is -0.203. The van der Waals surface area contributed by atoms with E-state index in [-0.39, 0.29) is 23.0 Å². The van der Waals surface area contributed by atoms with Crippen molar-refractivity contribution in [3.8, 4) is 0 Å². The molecule has 0 aliphatic carbocycles. The smallest absolute Gasteiger partial charge is 0.149 e. The van der Waals surface area contributed by atoms with Crippen molar-refractivity contribution < 1.29 is 14.2 Å². The van der Waals surface area contributed by atoms with Crippen LogP contribution in [0.5, 0.6) is 0 Å². The fourth-order valence-corrected chi connectivity index (χ4v) is 9.09. The summed E-state index contributed by atoms with van der Waals surface area (Å²) in [5, 5.41) is 0. The van der Waals surface area contributed by atoms with Crippen LogP contribution in [0.3, 0.4) is 0 Å². The highest BCUT2D eigenvalue weighted by atomic mass is 16.7. The van der Waals surface area contributed by atoms with Crippen LogP contribution in [0.25, 0.3) is 0 Å². The molecule has 0 saturated heterocycles. The molecule has 3 nitrogen and oxygen atoms in total. The summed E-state index contributed by atoms with van der Waals surface area (Å²) in [7, 11) is 0. The molecule has 0 N–H and O–H groups in total. The lowest BCUT2D eigenvalue weighted by atomic mass is 9.68. The summed E-state index contributed by atoms with van der Waals surface area (Å²) in [6.45, 7) is 19.5. The summed E-state index contributed by atoms with van der Waals surface area (Å²) < 4.78 is 20.2. The van der Waals surface area contributed by atoms with E-state index in [4.69, 9.17) is 14.2 Å². The molecule has 2 unspecified atom stereocenters. The van der Waals surface area contributed by atoms with Gasteiger partial charge < -0.3 is 14.2 Å². The van der Waals surface area contributed by atoms with E-state index in [0.717, 1.165) is 12.8 Å². The third kappa shape index (κ3) is 24.8. The lowest BCUT2D eigenvalue weighted by Crippen LogP contribution is -2.39. The zero-order valence-corrected chi connectivity index (χ0v) is 36.8. The first-order valence-corrected chi connectivity index (χ1v) is 23.8. The first kappa shape index (κ1) is 50.9. The Morgan fingerprint density at radius 2 is 0.529 bits per heavy atom. The van der Waals surface area contributed by atoms with Crippen LogP contribution >= 0.6 is 0 Å². The average molecular weight is 723 g/mol. The van der Waals surface area contributed by atoms with Gasteiger partial charge in [-0.25, -0.2) is 0 Å². The first-order chi connectivity index (χ1) is 25.0. The second-order valence-electron chi connectivity index (χ2n) is 16.9. The largest absolute Gasteiger partial charge is 0.352 e. The molecular weight excluding hydrogens is 625 g/mol. The van der Waals surface area contributed by atoms with Crippen LogP contribution < -0.4 is 0 Å². The minimum absolute atomic E-state index is 0.283. The quantitative estimate of drug-likeness (QED) is 0.0464. The molecule has 0 amide bonds. The van der Waals surface area contributed by atoms with Crippen LogP contribution in [0.2, 0.25) is 0 Å². The SMILES string of the molecule is CCCCCCC(CCCCCC)(CCCCCC)C(CCC)OCOCOC(CCC)C(CCCCCC)(CCCCCC)CCCCCC. The normalized spacial score (nSPS) is 13.6. The maximum absolute atomic E-state index is 6.92. The Hall–Kier alpha value is -0.120. The minimum Gasteiger partial charge on any atom is -0.352 e. The molecule has 0 fully saturated rings. The van der Waals surface area contributed by atoms with E-state index in [1.54, 1.807) is 0 Å². The standard InChI is InChI=1S/C48H98O3/c1-9-17-23-29-37-47(38-30-24-18-10-2,39-31-25-19-11-3)45(35-15-7)50-43-49-44-51-46(36-16-8)48(40-32-26-20-12-4,41-33-27-21-13-5)42-34-28-22-14-6/h45-46H,9-44H2,1-8H3. The highest BCUT2D eigenvalue weighted by Gasteiger charge is 2.39. The van der Waals surface area contributed by atoms with Crippen LogP contribution in [-0.2, 0) is 14.2 Å². The van der Waals surface area contributed by atoms with Crippen LogP contribution in [0.4, 0.5) is 0 Å². The number of ether oxygens (including phenoxy) is 3. The molecule has 2 atom stereocenters. The van der Waals surface area contributed by atoms with Crippen molar-refractivity contribution in [2.24, 2.45) is 10.8 Å². The van der Waals surface area contributed by atoms with E-state index in [1.807, 2.05) is 0 Å². The van der Waals surface area contributed by atoms with Crippen molar-refractivity contribution in [1.29, 1.82) is 0 Å². The minimum atomic E-state index is 0.283. The number of rotatable bonds is 42. The highest BCUT2D eigenvalue weighted by Crippen LogP contribution is 2.45. The van der Waals surface area contributed by atoms with E-state index in [9.17, 15) is 0 Å². The molecule has 0 heterocycles. The van der Waals surface area contributed by atoms with Gasteiger partial charge in [-0.05, 0) is 62.2 Å². The van der Waals surface area contributed by atoms with Gasteiger partial charge in [-0.2, -0.15) is 0 Å². The van der Waals surface area contributed by atoms with Crippen LogP contribution in [0.15, 0.2) is 0 Å². The first-order valence-electron chi connectivity index (χ1n) is 23.8. The molecule has 3 heteroatoms. The number of hydrogen-bond donors (Lipinski definition) is 0. The monoisotopic (exact) mass is 723 g/mol. The van der Waals surface area contributed by atoms with Crippen molar-refractivity contribution in [2.75, 3.05) is 13.6 Å². The van der Waals surface area contributed by atoms with E-state index in [0.29, 0.717) is 13.6 Å². The fraction of sp³-hybridized carbons (Fsp3) is 1.00. The van der Waals surface area contributed by atoms with Gasteiger partial charge in [-0.1, -0.05) is 222 Å². The van der Waals surface area contributed by atoms with Gasteiger partial charge in [-0.15, -0.1) is 0 Å². The lowest BCUT2D eigenvalue weighted by Gasteiger charge is -2.42. The Morgan fingerprint density at radius 1 is 0.294 bits per heavy atom. The Balaban J connectivity index is 5.94. The molecule has 0 aromatic rings. The Bertz CT molecular complexity index is 559. The second kappa shape index (κ2) is 36.8. The highest BCUT2D eigenvalue weighted by molar-refractivity contribution is 4.89. The van der Waals surface area contributed by atoms with E-state index in [2.05, 4.69) is 55.4 Å². The van der Waals surface area contributed by atoms with Crippen molar-refractivity contribution in [2.45, 2.75) is 286 Å². The van der Waals surface area contributed by atoms with Gasteiger partial charge in [0.2, 0.25) is 0 Å². The van der Waals surface area contributed by atoms with Crippen molar-refractivity contribution in [1.82, 2.24) is 0 Å². The van der Waals surface area contributed by atoms with E-state index in [1.165, 1.54) is 205 Å². The topological polar surface area (TPSA) is 27.7 Å². The second-order valence-corrected chi connectivity index (χ2v) is 16.9. The molecule has 0 aromatic carbocycles. The predicted octanol–water partition coefficient (Wildman–Crippen LogP) is 17.1. The fourth-order valence-electron chi connectivity index (χ4n) is 9.09. The van der Waals surface area contributed by atoms with Crippen LogP contribution in [-0.4, -0.2) is 25.8 Å². The van der Waals surface area contributed by atoms with Gasteiger partial charge in [0, 0.05) is 0 Å². The van der Waals surface area contributed by atoms with E-state index >= 15 is 0 Å². The zero-order valence-electron chi connectivity index (χ0n) is 36.8. The predicted molar refractivity (Wildman–Crippen MR) is 228 cm³/mol. The zero-order chi connectivity index (χ0) is 37.7. The average Bonchev–Trinajstić information content (AvgIpc) is 3.14. The van der Waals surface area contributed by atoms with Crippen LogP contribution in [0.1, 0.15) is 274 Å². The Kier molecular flexibility index (Phi) is 36.7. The molecule has 0 spiro atoms. The van der Waals surface area contributed by atoms with Gasteiger partial charge in [0.1, 0.15) is 13.6 Å². The molecule has 0 aliphatic rings. The Labute approximate surface area is 323 Å². The van der Waals surface area contributed by atoms with Crippen molar-refractivity contribution >= 4 is 0 Å². The van der Waals surface area contributed by atoms with Gasteiger partial charge in [0.05, 0.1) is 12.2 Å². The van der Waals surface area contributed by atoms with Crippen molar-refractivity contribution in [3.63, 3.8) is 0 Å². The Morgan fingerprint density at radius 3 is 0.725 bits per heavy atom. The van der Waals surface area contributed by atoms with Crippen molar-refractivity contribution in [3.05, 3.63) is 0 Å². The van der Waals surface area contributed by atoms with Crippen LogP contribution in [0, 0.1) is 10.8 Å². The molecule has 0 rings (SSSR count). The molecule has 0 radical (unpaired) electrons. The van der Waals surface area contributed by atoms with Gasteiger partial charge in [0.25, 0.3) is 0 Å². The molecule has 0 bridgehead atoms. The molecular formula is C48H98O3. The summed E-state index contributed by atoms with van der Waals surface area (Å²) in [5.41, 5.74) is 0.565. The molecule has 51 heavy (non-hydrogen) atoms. The molecule has 0 aliphatic heterocycles. The third-order valence-electron chi connectivity index (χ3n) is 12.3. The summed E-state index contributed by atoms with van der Waals surface area (Å²) >= 11 is 0. The summed E-state index contributed by atoms with van der Waals surface area (Å²) in [6.07, 6.45) is 45.4. The number of unbranched alkanes of at least 4 members (excludes halogenated alkanes) is 18. The molecule has 0 saturated carbocycles. The molecule has 0 aromatic heterocycles. The summed E-state index contributed by atoms with van der Waals surface area (Å²) in [6, 6.07) is 0. The van der Waals surface area contributed by atoms with Gasteiger partial charge >= 0.3 is 0 Å². The van der Waals surface area contributed by atoms with E-state index < -0.39 is 0 Å².